The second-order valence-electron chi connectivity index (χ2n) is 7.62. The molecule has 1 aliphatic rings. The maximum atomic E-state index is 13.4. The van der Waals surface area contributed by atoms with Crippen molar-refractivity contribution in [1.82, 2.24) is 10.3 Å². The van der Waals surface area contributed by atoms with Crippen LogP contribution in [-0.2, 0) is 22.6 Å². The van der Waals surface area contributed by atoms with Crippen molar-refractivity contribution in [2.24, 2.45) is 0 Å². The summed E-state index contributed by atoms with van der Waals surface area (Å²) in [5.41, 5.74) is 2.57. The van der Waals surface area contributed by atoms with E-state index in [9.17, 15) is 14.0 Å². The number of rotatable bonds is 9. The van der Waals surface area contributed by atoms with Gasteiger partial charge in [-0.05, 0) is 54.8 Å². The quantitative estimate of drug-likeness (QED) is 0.474. The van der Waals surface area contributed by atoms with E-state index in [1.165, 1.54) is 12.1 Å². The number of anilines is 1. The van der Waals surface area contributed by atoms with Crippen LogP contribution in [-0.4, -0.2) is 23.4 Å². The Morgan fingerprint density at radius 3 is 2.88 bits per heavy atom. The molecule has 2 aromatic carbocycles. The lowest BCUT2D eigenvalue weighted by atomic mass is 10.0. The van der Waals surface area contributed by atoms with Crippen molar-refractivity contribution in [3.63, 3.8) is 0 Å². The third kappa shape index (κ3) is 6.29. The molecular weight excluding hydrogens is 425 g/mol. The molecule has 0 unspecified atom stereocenters. The van der Waals surface area contributed by atoms with E-state index in [0.29, 0.717) is 49.5 Å². The Kier molecular flexibility index (Phi) is 7.14. The van der Waals surface area contributed by atoms with Crippen molar-refractivity contribution >= 4 is 17.5 Å². The number of nitrogens with one attached hydrogen (secondary N) is 2. The zero-order chi connectivity index (χ0) is 23.0. The van der Waals surface area contributed by atoms with Crippen LogP contribution in [0, 0.1) is 5.82 Å². The van der Waals surface area contributed by atoms with Crippen LogP contribution in [0.4, 0.5) is 10.1 Å². The second-order valence-corrected chi connectivity index (χ2v) is 7.62. The number of pyridine rings is 1. The monoisotopic (exact) mass is 449 g/mol. The first-order chi connectivity index (χ1) is 16.1. The summed E-state index contributed by atoms with van der Waals surface area (Å²) in [6.07, 6.45) is 3.61. The summed E-state index contributed by atoms with van der Waals surface area (Å²) in [4.78, 5) is 27.9. The zero-order valence-electron chi connectivity index (χ0n) is 18.0. The first kappa shape index (κ1) is 22.3. The summed E-state index contributed by atoms with van der Waals surface area (Å²) in [7, 11) is 0. The Bertz CT molecular complexity index is 1150. The van der Waals surface area contributed by atoms with Gasteiger partial charge in [0.2, 0.25) is 17.7 Å². The summed E-state index contributed by atoms with van der Waals surface area (Å²) in [5.74, 6) is 0.884. The number of fused-ring (bicyclic) bond motifs is 1. The lowest BCUT2D eigenvalue weighted by Crippen LogP contribution is -2.23. The highest BCUT2D eigenvalue weighted by Gasteiger charge is 2.15. The van der Waals surface area contributed by atoms with E-state index < -0.39 is 5.82 Å². The number of halogens is 1. The van der Waals surface area contributed by atoms with E-state index >= 15 is 0 Å². The molecule has 3 aromatic rings. The molecule has 8 heteroatoms. The molecule has 1 aromatic heterocycles. The van der Waals surface area contributed by atoms with Gasteiger partial charge in [-0.1, -0.05) is 12.1 Å². The third-order valence-corrected chi connectivity index (χ3v) is 5.13. The van der Waals surface area contributed by atoms with Gasteiger partial charge in [-0.25, -0.2) is 9.37 Å². The molecule has 0 saturated carbocycles. The van der Waals surface area contributed by atoms with Gasteiger partial charge in [-0.15, -0.1) is 0 Å². The maximum Gasteiger partial charge on any atom is 0.224 e. The molecule has 2 N–H and O–H groups in total. The van der Waals surface area contributed by atoms with Gasteiger partial charge in [0, 0.05) is 42.9 Å². The molecule has 0 radical (unpaired) electrons. The molecule has 2 amide bonds. The van der Waals surface area contributed by atoms with Crippen LogP contribution < -0.4 is 20.1 Å². The van der Waals surface area contributed by atoms with Gasteiger partial charge in [-0.3, -0.25) is 9.59 Å². The van der Waals surface area contributed by atoms with Gasteiger partial charge in [0.05, 0.1) is 6.61 Å². The minimum atomic E-state index is -0.400. The van der Waals surface area contributed by atoms with Crippen molar-refractivity contribution in [3.05, 3.63) is 77.7 Å². The summed E-state index contributed by atoms with van der Waals surface area (Å²) < 4.78 is 24.8. The van der Waals surface area contributed by atoms with Gasteiger partial charge < -0.3 is 20.1 Å². The number of carbonyl (C=O) groups excluding carboxylic acids is 2. The summed E-state index contributed by atoms with van der Waals surface area (Å²) in [6.45, 7) is 0.647. The van der Waals surface area contributed by atoms with Crippen molar-refractivity contribution in [3.8, 4) is 17.4 Å². The number of carbonyl (C=O) groups is 2. The predicted octanol–water partition coefficient (Wildman–Crippen LogP) is 4.37. The number of hydrogen-bond donors (Lipinski definition) is 2. The molecule has 170 valence electrons. The van der Waals surface area contributed by atoms with Gasteiger partial charge in [0.1, 0.15) is 17.3 Å². The van der Waals surface area contributed by atoms with Crippen molar-refractivity contribution in [2.75, 3.05) is 11.9 Å². The molecule has 7 nitrogen and oxygen atoms in total. The Hall–Kier alpha value is -3.94. The molecule has 4 rings (SSSR count). The standard InChI is InChI=1S/C25H24FN3O4/c26-19-5-1-6-21(15-19)33-25-18(4-2-12-27-25)16-28-23(30)7-3-13-32-20-9-10-22-17(14-20)8-11-24(31)29-22/h1-2,4-6,9-10,12,14-15H,3,7-8,11,13,16H2,(H,28,30)(H,29,31). The van der Waals surface area contributed by atoms with E-state index in [-0.39, 0.29) is 18.4 Å². The SMILES string of the molecule is O=C(CCCOc1ccc2c(c1)CCC(=O)N2)NCc1cccnc1Oc1cccc(F)c1. The lowest BCUT2D eigenvalue weighted by Gasteiger charge is -2.17. The average Bonchev–Trinajstić information content (AvgIpc) is 2.81. The fourth-order valence-electron chi connectivity index (χ4n) is 3.45. The second kappa shape index (κ2) is 10.6. The molecule has 0 atom stereocenters. The fraction of sp³-hybridized carbons (Fsp3) is 0.240. The first-order valence-corrected chi connectivity index (χ1v) is 10.8. The van der Waals surface area contributed by atoms with E-state index in [1.54, 1.807) is 30.5 Å². The highest BCUT2D eigenvalue weighted by molar-refractivity contribution is 5.94. The maximum absolute atomic E-state index is 13.4. The Morgan fingerprint density at radius 1 is 1.09 bits per heavy atom. The molecule has 33 heavy (non-hydrogen) atoms. The van der Waals surface area contributed by atoms with Gasteiger partial charge >= 0.3 is 0 Å². The number of aromatic nitrogens is 1. The smallest absolute Gasteiger partial charge is 0.224 e. The molecular formula is C25H24FN3O4. The Labute approximate surface area is 190 Å². The highest BCUT2D eigenvalue weighted by Crippen LogP contribution is 2.27. The molecule has 0 spiro atoms. The zero-order valence-corrected chi connectivity index (χ0v) is 18.0. The van der Waals surface area contributed by atoms with Crippen molar-refractivity contribution < 1.29 is 23.5 Å². The van der Waals surface area contributed by atoms with Gasteiger partial charge in [0.25, 0.3) is 0 Å². The highest BCUT2D eigenvalue weighted by atomic mass is 19.1. The average molecular weight is 449 g/mol. The first-order valence-electron chi connectivity index (χ1n) is 10.8. The van der Waals surface area contributed by atoms with Crippen LogP contribution in [0.3, 0.4) is 0 Å². The molecule has 0 fully saturated rings. The Morgan fingerprint density at radius 2 is 2.00 bits per heavy atom. The summed E-state index contributed by atoms with van der Waals surface area (Å²) in [5, 5.41) is 5.69. The fourth-order valence-corrected chi connectivity index (χ4v) is 3.45. The topological polar surface area (TPSA) is 89.6 Å². The number of benzene rings is 2. The summed E-state index contributed by atoms with van der Waals surface area (Å²) >= 11 is 0. The van der Waals surface area contributed by atoms with E-state index in [0.717, 1.165) is 17.0 Å². The molecule has 0 bridgehead atoms. The van der Waals surface area contributed by atoms with Gasteiger partial charge in [0.15, 0.2) is 0 Å². The number of ether oxygens (including phenoxy) is 2. The molecule has 1 aliphatic heterocycles. The van der Waals surface area contributed by atoms with Crippen LogP contribution in [0.2, 0.25) is 0 Å². The lowest BCUT2D eigenvalue weighted by molar-refractivity contribution is -0.121. The number of hydrogen-bond acceptors (Lipinski definition) is 5. The summed E-state index contributed by atoms with van der Waals surface area (Å²) in [6, 6.07) is 14.9. The number of amides is 2. The molecule has 0 aliphatic carbocycles. The van der Waals surface area contributed by atoms with E-state index in [1.807, 2.05) is 18.2 Å². The van der Waals surface area contributed by atoms with Crippen molar-refractivity contribution in [1.29, 1.82) is 0 Å². The van der Waals surface area contributed by atoms with Crippen molar-refractivity contribution in [2.45, 2.75) is 32.2 Å². The normalized spacial score (nSPS) is 12.5. The predicted molar refractivity (Wildman–Crippen MR) is 121 cm³/mol. The number of aryl methyl sites for hydroxylation is 1. The number of nitrogens with zero attached hydrogens (tertiary/aromatic N) is 1. The Balaban J connectivity index is 1.21. The minimum absolute atomic E-state index is 0.0288. The van der Waals surface area contributed by atoms with Crippen LogP contribution in [0.25, 0.3) is 0 Å². The van der Waals surface area contributed by atoms with Crippen LogP contribution in [0.15, 0.2) is 60.8 Å². The van der Waals surface area contributed by atoms with Crippen LogP contribution >= 0.6 is 0 Å². The molecule has 0 saturated heterocycles. The van der Waals surface area contributed by atoms with Crippen LogP contribution in [0.1, 0.15) is 30.4 Å². The third-order valence-electron chi connectivity index (χ3n) is 5.13. The van der Waals surface area contributed by atoms with E-state index in [2.05, 4.69) is 15.6 Å². The van der Waals surface area contributed by atoms with Crippen LogP contribution in [0.5, 0.6) is 17.4 Å². The largest absolute Gasteiger partial charge is 0.494 e. The minimum Gasteiger partial charge on any atom is -0.494 e. The van der Waals surface area contributed by atoms with E-state index in [4.69, 9.17) is 9.47 Å². The van der Waals surface area contributed by atoms with Gasteiger partial charge in [-0.2, -0.15) is 0 Å². The molecule has 2 heterocycles.